The Kier molecular flexibility index (Phi) is 4.40. The molecule has 1 atom stereocenters. The molecule has 3 nitrogen and oxygen atoms in total. The van der Waals surface area contributed by atoms with Crippen molar-refractivity contribution >= 4 is 34.2 Å². The Morgan fingerprint density at radius 2 is 1.80 bits per heavy atom. The van der Waals surface area contributed by atoms with E-state index in [9.17, 15) is 0 Å². The van der Waals surface area contributed by atoms with Crippen LogP contribution in [0.2, 0.25) is 0 Å². The van der Waals surface area contributed by atoms with Gasteiger partial charge in [-0.05, 0) is 44.3 Å². The second-order valence-electron chi connectivity index (χ2n) is 7.05. The van der Waals surface area contributed by atoms with Crippen molar-refractivity contribution in [3.63, 3.8) is 0 Å². The molecule has 0 N–H and O–H groups in total. The van der Waals surface area contributed by atoms with Crippen LogP contribution >= 0.6 is 11.8 Å². The summed E-state index contributed by atoms with van der Waals surface area (Å²) in [6, 6.07) is 19.3. The van der Waals surface area contributed by atoms with Gasteiger partial charge in [0.15, 0.2) is 0 Å². The zero-order chi connectivity index (χ0) is 17.4. The molecule has 1 aliphatic rings. The molecule has 2 heterocycles. The summed E-state index contributed by atoms with van der Waals surface area (Å²) in [4.78, 5) is 12.2. The van der Waals surface area contributed by atoms with Crippen LogP contribution in [0.15, 0.2) is 64.4 Å². The van der Waals surface area contributed by atoms with E-state index in [-0.39, 0.29) is 0 Å². The van der Waals surface area contributed by atoms with Crippen LogP contribution in [0.1, 0.15) is 6.92 Å². The molecule has 0 spiro atoms. The van der Waals surface area contributed by atoms with E-state index in [4.69, 9.17) is 4.98 Å². The molecular formula is C21H23N3S. The van der Waals surface area contributed by atoms with Gasteiger partial charge in [-0.1, -0.05) is 49.0 Å². The first kappa shape index (κ1) is 16.4. The Balaban J connectivity index is 1.80. The molecule has 0 amide bonds. The number of fused-ring (bicyclic) bond motifs is 3. The molecule has 0 saturated heterocycles. The van der Waals surface area contributed by atoms with Crippen molar-refractivity contribution in [1.29, 1.82) is 0 Å². The van der Waals surface area contributed by atoms with Gasteiger partial charge in [0, 0.05) is 23.4 Å². The van der Waals surface area contributed by atoms with Crippen molar-refractivity contribution < 1.29 is 0 Å². The van der Waals surface area contributed by atoms with Gasteiger partial charge in [0.1, 0.15) is 5.82 Å². The highest BCUT2D eigenvalue weighted by Gasteiger charge is 2.26. The van der Waals surface area contributed by atoms with Crippen LogP contribution in [-0.4, -0.2) is 37.1 Å². The topological polar surface area (TPSA) is 19.4 Å². The maximum atomic E-state index is 5.02. The van der Waals surface area contributed by atoms with Crippen molar-refractivity contribution in [1.82, 2.24) is 9.88 Å². The van der Waals surface area contributed by atoms with Crippen molar-refractivity contribution in [2.24, 2.45) is 5.92 Å². The van der Waals surface area contributed by atoms with Crippen LogP contribution < -0.4 is 4.90 Å². The molecule has 3 aromatic rings. The number of benzene rings is 2. The number of anilines is 2. The Hall–Kier alpha value is -2.04. The minimum atomic E-state index is 0.548. The van der Waals surface area contributed by atoms with E-state index in [1.54, 1.807) is 0 Å². The van der Waals surface area contributed by atoms with E-state index in [0.29, 0.717) is 5.92 Å². The Morgan fingerprint density at radius 1 is 1.04 bits per heavy atom. The first-order valence-corrected chi connectivity index (χ1v) is 9.52. The monoisotopic (exact) mass is 349 g/mol. The predicted octanol–water partition coefficient (Wildman–Crippen LogP) is 5.04. The van der Waals surface area contributed by atoms with Gasteiger partial charge in [-0.15, -0.1) is 0 Å². The van der Waals surface area contributed by atoms with Gasteiger partial charge in [0.2, 0.25) is 0 Å². The molecule has 1 unspecified atom stereocenters. The summed E-state index contributed by atoms with van der Waals surface area (Å²) in [7, 11) is 4.27. The molecule has 4 heteroatoms. The number of rotatable bonds is 4. The third kappa shape index (κ3) is 3.24. The average Bonchev–Trinajstić information content (AvgIpc) is 2.59. The largest absolute Gasteiger partial charge is 0.324 e. The van der Waals surface area contributed by atoms with Gasteiger partial charge in [-0.3, -0.25) is 0 Å². The lowest BCUT2D eigenvalue weighted by Crippen LogP contribution is -2.32. The van der Waals surface area contributed by atoms with Crippen LogP contribution in [0.4, 0.5) is 11.5 Å². The molecule has 4 rings (SSSR count). The quantitative estimate of drug-likeness (QED) is 0.657. The van der Waals surface area contributed by atoms with Crippen molar-refractivity contribution in [3.8, 4) is 0 Å². The third-order valence-electron chi connectivity index (χ3n) is 4.47. The molecule has 0 aliphatic carbocycles. The molecule has 0 fully saturated rings. The minimum absolute atomic E-state index is 0.548. The Labute approximate surface area is 153 Å². The summed E-state index contributed by atoms with van der Waals surface area (Å²) in [6.45, 7) is 4.34. The molecule has 0 bridgehead atoms. The summed E-state index contributed by atoms with van der Waals surface area (Å²) in [6.07, 6.45) is 0. The van der Waals surface area contributed by atoms with E-state index >= 15 is 0 Å². The number of para-hydroxylation sites is 2. The van der Waals surface area contributed by atoms with Crippen LogP contribution in [-0.2, 0) is 0 Å². The lowest BCUT2D eigenvalue weighted by molar-refractivity contribution is 0.342. The normalized spacial score (nSPS) is 14.5. The number of hydrogen-bond acceptors (Lipinski definition) is 4. The van der Waals surface area contributed by atoms with Gasteiger partial charge in [-0.2, -0.15) is 0 Å². The average molecular weight is 350 g/mol. The van der Waals surface area contributed by atoms with E-state index in [0.717, 1.165) is 24.4 Å². The number of hydrogen-bond donors (Lipinski definition) is 0. The van der Waals surface area contributed by atoms with Crippen molar-refractivity contribution in [2.45, 2.75) is 16.7 Å². The summed E-state index contributed by atoms with van der Waals surface area (Å²) in [5.41, 5.74) is 2.33. The van der Waals surface area contributed by atoms with Crippen LogP contribution in [0.5, 0.6) is 0 Å². The zero-order valence-electron chi connectivity index (χ0n) is 14.9. The maximum absolute atomic E-state index is 5.02. The molecular weight excluding hydrogens is 326 g/mol. The molecule has 2 aromatic carbocycles. The lowest BCUT2D eigenvalue weighted by atomic mass is 10.1. The van der Waals surface area contributed by atoms with Crippen LogP contribution in [0.25, 0.3) is 10.9 Å². The summed E-state index contributed by atoms with van der Waals surface area (Å²) < 4.78 is 0. The van der Waals surface area contributed by atoms with E-state index in [1.807, 2.05) is 11.8 Å². The zero-order valence-corrected chi connectivity index (χ0v) is 15.8. The molecule has 0 radical (unpaired) electrons. The second-order valence-corrected chi connectivity index (χ2v) is 8.13. The van der Waals surface area contributed by atoms with Gasteiger partial charge >= 0.3 is 0 Å². The van der Waals surface area contributed by atoms with Gasteiger partial charge in [0.25, 0.3) is 0 Å². The SMILES string of the molecule is CC(CN(C)C)CN1c2ccccc2Sc2cc3ccccc3nc21. The van der Waals surface area contributed by atoms with Crippen molar-refractivity contribution in [2.75, 3.05) is 32.1 Å². The van der Waals surface area contributed by atoms with Gasteiger partial charge < -0.3 is 9.80 Å². The van der Waals surface area contributed by atoms with E-state index < -0.39 is 0 Å². The maximum Gasteiger partial charge on any atom is 0.147 e. The smallest absolute Gasteiger partial charge is 0.147 e. The number of pyridine rings is 1. The summed E-state index contributed by atoms with van der Waals surface area (Å²) in [5.74, 6) is 1.64. The minimum Gasteiger partial charge on any atom is -0.324 e. The molecule has 25 heavy (non-hydrogen) atoms. The fourth-order valence-corrected chi connectivity index (χ4v) is 4.63. The first-order valence-electron chi connectivity index (χ1n) is 8.71. The van der Waals surface area contributed by atoms with E-state index in [1.165, 1.54) is 20.9 Å². The van der Waals surface area contributed by atoms with Crippen LogP contribution in [0, 0.1) is 5.92 Å². The first-order chi connectivity index (χ1) is 12.1. The lowest BCUT2D eigenvalue weighted by Gasteiger charge is -2.34. The third-order valence-corrected chi connectivity index (χ3v) is 5.56. The highest BCUT2D eigenvalue weighted by atomic mass is 32.2. The number of nitrogens with zero attached hydrogens (tertiary/aromatic N) is 3. The molecule has 1 aliphatic heterocycles. The predicted molar refractivity (Wildman–Crippen MR) is 107 cm³/mol. The second kappa shape index (κ2) is 6.70. The van der Waals surface area contributed by atoms with Crippen molar-refractivity contribution in [3.05, 3.63) is 54.6 Å². The summed E-state index contributed by atoms with van der Waals surface area (Å²) in [5, 5.41) is 1.20. The standard InChI is InChI=1S/C21H23N3S/c1-15(13-23(2)3)14-24-18-10-6-7-11-19(18)25-20-12-16-8-4-5-9-17(16)22-21(20)24/h4-12,15H,13-14H2,1-3H3. The molecule has 0 saturated carbocycles. The Bertz CT molecular complexity index is 907. The van der Waals surface area contributed by atoms with Gasteiger partial charge in [-0.25, -0.2) is 4.98 Å². The van der Waals surface area contributed by atoms with E-state index in [2.05, 4.69) is 85.4 Å². The van der Waals surface area contributed by atoms with Crippen LogP contribution in [0.3, 0.4) is 0 Å². The summed E-state index contributed by atoms with van der Waals surface area (Å²) >= 11 is 1.83. The fourth-order valence-electron chi connectivity index (χ4n) is 3.53. The highest BCUT2D eigenvalue weighted by Crippen LogP contribution is 2.48. The molecule has 1 aromatic heterocycles. The molecule has 128 valence electrons. The Morgan fingerprint density at radius 3 is 2.64 bits per heavy atom. The number of aromatic nitrogens is 1. The van der Waals surface area contributed by atoms with Gasteiger partial charge in [0.05, 0.1) is 16.1 Å². The fraction of sp³-hybridized carbons (Fsp3) is 0.286. The highest BCUT2D eigenvalue weighted by molar-refractivity contribution is 7.99.